The van der Waals surface area contributed by atoms with Crippen LogP contribution >= 0.6 is 0 Å². The van der Waals surface area contributed by atoms with E-state index in [1.165, 1.54) is 18.9 Å². The first-order valence-corrected chi connectivity index (χ1v) is 7.53. The number of nitrogens with zero attached hydrogens (tertiary/aromatic N) is 2. The first-order valence-electron chi connectivity index (χ1n) is 7.53. The van der Waals surface area contributed by atoms with Crippen LogP contribution in [-0.4, -0.2) is 35.1 Å². The van der Waals surface area contributed by atoms with Gasteiger partial charge >= 0.3 is 0 Å². The van der Waals surface area contributed by atoms with E-state index < -0.39 is 0 Å². The lowest BCUT2D eigenvalue weighted by atomic mass is 9.90. The Bertz CT molecular complexity index is 533. The molecule has 0 bridgehead atoms. The number of nitrogen functional groups attached to an aromatic ring is 1. The van der Waals surface area contributed by atoms with Crippen LogP contribution < -0.4 is 5.73 Å². The van der Waals surface area contributed by atoms with Crippen LogP contribution in [0.5, 0.6) is 0 Å². The van der Waals surface area contributed by atoms with E-state index in [-0.39, 0.29) is 10.6 Å². The van der Waals surface area contributed by atoms with Crippen molar-refractivity contribution in [1.82, 2.24) is 4.90 Å². The minimum Gasteiger partial charge on any atom is -0.398 e. The van der Waals surface area contributed by atoms with E-state index >= 15 is 0 Å². The molecule has 1 heterocycles. The summed E-state index contributed by atoms with van der Waals surface area (Å²) in [6.07, 6.45) is 5.03. The van der Waals surface area contributed by atoms with Gasteiger partial charge < -0.3 is 10.5 Å². The molecule has 1 saturated carbocycles. The average Bonchev–Trinajstić information content (AvgIpc) is 2.49. The molecule has 1 aromatic rings. The Balaban J connectivity index is 1.78. The highest BCUT2D eigenvalue weighted by Crippen LogP contribution is 2.30. The highest BCUT2D eigenvalue weighted by Gasteiger charge is 2.34. The maximum atomic E-state index is 10.9. The van der Waals surface area contributed by atoms with E-state index in [2.05, 4.69) is 4.90 Å². The van der Waals surface area contributed by atoms with Crippen molar-refractivity contribution in [3.63, 3.8) is 0 Å². The Morgan fingerprint density at radius 3 is 3.00 bits per heavy atom. The van der Waals surface area contributed by atoms with Gasteiger partial charge in [0.1, 0.15) is 0 Å². The van der Waals surface area contributed by atoms with Crippen molar-refractivity contribution in [1.29, 1.82) is 0 Å². The number of nitrogens with two attached hydrogens (primary N) is 1. The summed E-state index contributed by atoms with van der Waals surface area (Å²) < 4.78 is 5.86. The molecular formula is C15H21N3O3. The maximum Gasteiger partial charge on any atom is 0.269 e. The number of benzene rings is 1. The molecule has 2 N–H and O–H groups in total. The van der Waals surface area contributed by atoms with Crippen LogP contribution in [0.15, 0.2) is 18.2 Å². The second kappa shape index (κ2) is 5.99. The predicted molar refractivity (Wildman–Crippen MR) is 79.9 cm³/mol. The van der Waals surface area contributed by atoms with Gasteiger partial charge in [0.25, 0.3) is 5.69 Å². The minimum absolute atomic E-state index is 0.104. The summed E-state index contributed by atoms with van der Waals surface area (Å²) in [5, 5.41) is 10.9. The number of anilines is 1. The van der Waals surface area contributed by atoms with Gasteiger partial charge in [-0.25, -0.2) is 0 Å². The van der Waals surface area contributed by atoms with E-state index in [1.807, 2.05) is 0 Å². The molecule has 0 spiro atoms. The summed E-state index contributed by atoms with van der Waals surface area (Å²) in [5.41, 5.74) is 7.57. The zero-order valence-electron chi connectivity index (χ0n) is 12.0. The number of ether oxygens (including phenoxy) is 1. The summed E-state index contributed by atoms with van der Waals surface area (Å²) in [5.74, 6) is 0. The lowest BCUT2D eigenvalue weighted by Crippen LogP contribution is -2.52. The number of nitro groups is 1. The molecule has 0 amide bonds. The van der Waals surface area contributed by atoms with E-state index in [4.69, 9.17) is 10.5 Å². The number of non-ortho nitro benzene ring substituents is 1. The number of morpholine rings is 1. The average molecular weight is 291 g/mol. The van der Waals surface area contributed by atoms with Crippen molar-refractivity contribution in [2.24, 2.45) is 0 Å². The lowest BCUT2D eigenvalue weighted by molar-refractivity contribution is -0.384. The first kappa shape index (κ1) is 14.3. The molecule has 6 nitrogen and oxygen atoms in total. The standard InChI is InChI=1S/C15H21N3O3/c16-13-6-5-12(18(19)20)9-11(13)10-17-7-8-21-15-4-2-1-3-14(15)17/h5-6,9,14-15H,1-4,7-8,10,16H2. The number of rotatable bonds is 3. The molecule has 6 heteroatoms. The van der Waals surface area contributed by atoms with E-state index in [1.54, 1.807) is 12.1 Å². The summed E-state index contributed by atoms with van der Waals surface area (Å²) in [7, 11) is 0. The van der Waals surface area contributed by atoms with Crippen molar-refractivity contribution >= 4 is 11.4 Å². The Labute approximate surface area is 124 Å². The topological polar surface area (TPSA) is 81.6 Å². The normalized spacial score (nSPS) is 26.3. The van der Waals surface area contributed by atoms with Crippen molar-refractivity contribution in [2.45, 2.75) is 44.4 Å². The van der Waals surface area contributed by atoms with E-state index in [0.717, 1.165) is 31.6 Å². The van der Waals surface area contributed by atoms with Crippen LogP contribution in [0.2, 0.25) is 0 Å². The van der Waals surface area contributed by atoms with Crippen molar-refractivity contribution in [3.05, 3.63) is 33.9 Å². The van der Waals surface area contributed by atoms with Gasteiger partial charge in [-0.05, 0) is 24.5 Å². The van der Waals surface area contributed by atoms with Crippen molar-refractivity contribution in [2.75, 3.05) is 18.9 Å². The van der Waals surface area contributed by atoms with Gasteiger partial charge in [-0.1, -0.05) is 12.8 Å². The SMILES string of the molecule is Nc1ccc([N+](=O)[O-])cc1CN1CCOC2CCCCC21. The van der Waals surface area contributed by atoms with Crippen molar-refractivity contribution < 1.29 is 9.66 Å². The monoisotopic (exact) mass is 291 g/mol. The third-order valence-electron chi connectivity index (χ3n) is 4.56. The van der Waals surface area contributed by atoms with Crippen LogP contribution in [0, 0.1) is 10.1 Å². The van der Waals surface area contributed by atoms with E-state index in [0.29, 0.717) is 24.4 Å². The van der Waals surface area contributed by atoms with Crippen LogP contribution in [0.1, 0.15) is 31.2 Å². The summed E-state index contributed by atoms with van der Waals surface area (Å²) >= 11 is 0. The molecule has 1 saturated heterocycles. The largest absolute Gasteiger partial charge is 0.398 e. The van der Waals surface area contributed by atoms with E-state index in [9.17, 15) is 10.1 Å². The second-order valence-electron chi connectivity index (χ2n) is 5.87. The Morgan fingerprint density at radius 2 is 2.19 bits per heavy atom. The zero-order valence-corrected chi connectivity index (χ0v) is 12.0. The fourth-order valence-electron chi connectivity index (χ4n) is 3.43. The van der Waals surface area contributed by atoms with Crippen molar-refractivity contribution in [3.8, 4) is 0 Å². The van der Waals surface area contributed by atoms with Gasteiger partial charge in [-0.3, -0.25) is 15.0 Å². The molecule has 114 valence electrons. The van der Waals surface area contributed by atoms with Gasteiger partial charge in [0.15, 0.2) is 0 Å². The molecule has 2 fully saturated rings. The van der Waals surface area contributed by atoms with Gasteiger partial charge in [-0.15, -0.1) is 0 Å². The number of hydrogen-bond donors (Lipinski definition) is 1. The Morgan fingerprint density at radius 1 is 1.38 bits per heavy atom. The molecule has 1 aliphatic heterocycles. The third-order valence-corrected chi connectivity index (χ3v) is 4.56. The van der Waals surface area contributed by atoms with Crippen LogP contribution in [0.3, 0.4) is 0 Å². The molecule has 0 aromatic heterocycles. The molecule has 21 heavy (non-hydrogen) atoms. The third kappa shape index (κ3) is 3.01. The number of nitro benzene ring substituents is 1. The Hall–Kier alpha value is -1.66. The maximum absolute atomic E-state index is 10.9. The lowest BCUT2D eigenvalue weighted by Gasteiger charge is -2.44. The highest BCUT2D eigenvalue weighted by atomic mass is 16.6. The summed E-state index contributed by atoms with van der Waals surface area (Å²) in [4.78, 5) is 12.9. The van der Waals surface area contributed by atoms with Gasteiger partial charge in [0.05, 0.1) is 17.6 Å². The molecule has 2 aliphatic rings. The van der Waals surface area contributed by atoms with Crippen LogP contribution in [0.25, 0.3) is 0 Å². The van der Waals surface area contributed by atoms with Crippen LogP contribution in [-0.2, 0) is 11.3 Å². The first-order chi connectivity index (χ1) is 10.1. The molecule has 1 aliphatic carbocycles. The molecule has 1 aromatic carbocycles. The number of fused-ring (bicyclic) bond motifs is 1. The summed E-state index contributed by atoms with van der Waals surface area (Å²) in [6, 6.07) is 5.11. The smallest absolute Gasteiger partial charge is 0.269 e. The van der Waals surface area contributed by atoms with Gasteiger partial charge in [0.2, 0.25) is 0 Å². The minimum atomic E-state index is -0.369. The fourth-order valence-corrected chi connectivity index (χ4v) is 3.43. The molecular weight excluding hydrogens is 270 g/mol. The Kier molecular flexibility index (Phi) is 4.07. The second-order valence-corrected chi connectivity index (χ2v) is 5.87. The zero-order chi connectivity index (χ0) is 14.8. The van der Waals surface area contributed by atoms with Crippen LogP contribution in [0.4, 0.5) is 11.4 Å². The fraction of sp³-hybridized carbons (Fsp3) is 0.600. The quantitative estimate of drug-likeness (QED) is 0.525. The molecule has 2 unspecified atom stereocenters. The number of hydrogen-bond acceptors (Lipinski definition) is 5. The molecule has 2 atom stereocenters. The predicted octanol–water partition coefficient (Wildman–Crippen LogP) is 2.32. The summed E-state index contributed by atoms with van der Waals surface area (Å²) in [6.45, 7) is 2.26. The molecule has 0 radical (unpaired) electrons. The van der Waals surface area contributed by atoms with Gasteiger partial charge in [-0.2, -0.15) is 0 Å². The molecule has 3 rings (SSSR count). The van der Waals surface area contributed by atoms with Gasteiger partial charge in [0, 0.05) is 37.0 Å². The highest BCUT2D eigenvalue weighted by molar-refractivity contribution is 5.52.